The van der Waals surface area contributed by atoms with E-state index in [-0.39, 0.29) is 5.91 Å². The molecule has 24 heavy (non-hydrogen) atoms. The van der Waals surface area contributed by atoms with Crippen molar-refractivity contribution in [2.75, 3.05) is 7.11 Å². The standard InChI is InChI=1S/C21H21NO2/c1-24-20-14-9-13-19(16-20)17-22-21(23)15-8-3-2-5-10-18-11-6-4-7-12-18/h4,6-9,11-16H,2-3,17H2,1H3,(H,22,23). The first-order chi connectivity index (χ1) is 11.8. The van der Waals surface area contributed by atoms with Crippen molar-refractivity contribution in [1.82, 2.24) is 5.32 Å². The van der Waals surface area contributed by atoms with E-state index in [0.717, 1.165) is 29.7 Å². The molecule has 2 aromatic carbocycles. The largest absolute Gasteiger partial charge is 0.497 e. The zero-order chi connectivity index (χ0) is 17.0. The van der Waals surface area contributed by atoms with Crippen molar-refractivity contribution >= 4 is 5.91 Å². The number of hydrogen-bond acceptors (Lipinski definition) is 2. The van der Waals surface area contributed by atoms with Crippen LogP contribution in [0, 0.1) is 11.8 Å². The molecule has 0 fully saturated rings. The maximum atomic E-state index is 11.8. The summed E-state index contributed by atoms with van der Waals surface area (Å²) in [5.41, 5.74) is 2.02. The van der Waals surface area contributed by atoms with Gasteiger partial charge >= 0.3 is 0 Å². The number of benzene rings is 2. The number of rotatable bonds is 6. The van der Waals surface area contributed by atoms with Crippen LogP contribution in [0.4, 0.5) is 0 Å². The number of nitrogens with one attached hydrogen (secondary N) is 1. The van der Waals surface area contributed by atoms with Gasteiger partial charge in [0.2, 0.25) is 5.91 Å². The molecule has 3 nitrogen and oxygen atoms in total. The van der Waals surface area contributed by atoms with E-state index in [0.29, 0.717) is 6.54 Å². The van der Waals surface area contributed by atoms with Crippen molar-refractivity contribution in [3.63, 3.8) is 0 Å². The molecule has 2 rings (SSSR count). The smallest absolute Gasteiger partial charge is 0.243 e. The Morgan fingerprint density at radius 2 is 2.00 bits per heavy atom. The molecule has 0 bridgehead atoms. The Balaban J connectivity index is 1.68. The van der Waals surface area contributed by atoms with E-state index in [1.165, 1.54) is 0 Å². The predicted octanol–water partition coefficient (Wildman–Crippen LogP) is 3.70. The Morgan fingerprint density at radius 1 is 1.17 bits per heavy atom. The molecule has 0 spiro atoms. The highest BCUT2D eigenvalue weighted by atomic mass is 16.5. The summed E-state index contributed by atoms with van der Waals surface area (Å²) in [4.78, 5) is 11.8. The van der Waals surface area contributed by atoms with E-state index in [1.54, 1.807) is 13.2 Å². The van der Waals surface area contributed by atoms with Crippen molar-refractivity contribution in [3.8, 4) is 17.6 Å². The van der Waals surface area contributed by atoms with Gasteiger partial charge < -0.3 is 10.1 Å². The first-order valence-electron chi connectivity index (χ1n) is 7.89. The van der Waals surface area contributed by atoms with Gasteiger partial charge in [0.05, 0.1) is 7.11 Å². The van der Waals surface area contributed by atoms with Gasteiger partial charge in [-0.3, -0.25) is 4.79 Å². The van der Waals surface area contributed by atoms with Gasteiger partial charge in [-0.15, -0.1) is 0 Å². The summed E-state index contributed by atoms with van der Waals surface area (Å²) in [6, 6.07) is 17.5. The van der Waals surface area contributed by atoms with Crippen molar-refractivity contribution in [2.24, 2.45) is 0 Å². The summed E-state index contributed by atoms with van der Waals surface area (Å²) in [6.07, 6.45) is 4.89. The molecule has 1 N–H and O–H groups in total. The van der Waals surface area contributed by atoms with Crippen LogP contribution >= 0.6 is 0 Å². The van der Waals surface area contributed by atoms with Crippen molar-refractivity contribution < 1.29 is 9.53 Å². The first-order valence-corrected chi connectivity index (χ1v) is 7.89. The lowest BCUT2D eigenvalue weighted by atomic mass is 10.2. The maximum Gasteiger partial charge on any atom is 0.243 e. The van der Waals surface area contributed by atoms with Gasteiger partial charge in [-0.2, -0.15) is 0 Å². The molecule has 0 aliphatic heterocycles. The summed E-state index contributed by atoms with van der Waals surface area (Å²) < 4.78 is 5.16. The molecule has 3 heteroatoms. The lowest BCUT2D eigenvalue weighted by Crippen LogP contribution is -2.20. The minimum absolute atomic E-state index is 0.103. The normalized spacial score (nSPS) is 10.0. The van der Waals surface area contributed by atoms with Gasteiger partial charge in [0.15, 0.2) is 0 Å². The molecule has 0 atom stereocenters. The summed E-state index contributed by atoms with van der Waals surface area (Å²) in [6.45, 7) is 0.480. The SMILES string of the molecule is COc1cccc(CNC(=O)C=CCCC#Cc2ccccc2)c1. The van der Waals surface area contributed by atoms with Gasteiger partial charge in [0.1, 0.15) is 5.75 Å². The summed E-state index contributed by atoms with van der Waals surface area (Å²) in [5.74, 6) is 6.88. The summed E-state index contributed by atoms with van der Waals surface area (Å²) in [5, 5.41) is 2.85. The lowest BCUT2D eigenvalue weighted by molar-refractivity contribution is -0.116. The van der Waals surface area contributed by atoms with Crippen molar-refractivity contribution in [3.05, 3.63) is 77.9 Å². The lowest BCUT2D eigenvalue weighted by Gasteiger charge is -2.05. The number of carbonyl (C=O) groups is 1. The first kappa shape index (κ1) is 17.4. The molecule has 1 amide bonds. The average molecular weight is 319 g/mol. The van der Waals surface area contributed by atoms with Crippen LogP contribution in [-0.2, 0) is 11.3 Å². The van der Waals surface area contributed by atoms with Crippen LogP contribution in [0.1, 0.15) is 24.0 Å². The highest BCUT2D eigenvalue weighted by molar-refractivity contribution is 5.87. The number of allylic oxidation sites excluding steroid dienone is 1. The summed E-state index contributed by atoms with van der Waals surface area (Å²) in [7, 11) is 1.63. The van der Waals surface area contributed by atoms with Crippen LogP contribution in [0.25, 0.3) is 0 Å². The Bertz CT molecular complexity index is 739. The number of amides is 1. The highest BCUT2D eigenvalue weighted by Gasteiger charge is 1.98. The second-order valence-corrected chi connectivity index (χ2v) is 5.18. The van der Waals surface area contributed by atoms with E-state index >= 15 is 0 Å². The number of hydrogen-bond donors (Lipinski definition) is 1. The second-order valence-electron chi connectivity index (χ2n) is 5.18. The molecule has 0 aliphatic rings. The van der Waals surface area contributed by atoms with E-state index in [4.69, 9.17) is 4.74 Å². The van der Waals surface area contributed by atoms with Crippen LogP contribution in [-0.4, -0.2) is 13.0 Å². The Kier molecular flexibility index (Phi) is 7.17. The zero-order valence-electron chi connectivity index (χ0n) is 13.8. The predicted molar refractivity (Wildman–Crippen MR) is 96.5 cm³/mol. The van der Waals surface area contributed by atoms with Crippen LogP contribution in [0.15, 0.2) is 66.7 Å². The molecule has 0 heterocycles. The maximum absolute atomic E-state index is 11.8. The number of unbranched alkanes of at least 4 members (excludes halogenated alkanes) is 1. The molecule has 0 saturated carbocycles. The average Bonchev–Trinajstić information content (AvgIpc) is 2.64. The van der Waals surface area contributed by atoms with Gasteiger partial charge in [-0.05, 0) is 42.3 Å². The molecular weight excluding hydrogens is 298 g/mol. The molecular formula is C21H21NO2. The van der Waals surface area contributed by atoms with Gasteiger partial charge in [-0.25, -0.2) is 0 Å². The number of ether oxygens (including phenoxy) is 1. The van der Waals surface area contributed by atoms with Crippen molar-refractivity contribution in [2.45, 2.75) is 19.4 Å². The molecule has 0 radical (unpaired) electrons. The molecule has 0 unspecified atom stereocenters. The Morgan fingerprint density at radius 3 is 2.79 bits per heavy atom. The third-order valence-electron chi connectivity index (χ3n) is 3.31. The minimum atomic E-state index is -0.103. The molecule has 122 valence electrons. The molecule has 0 aromatic heterocycles. The number of carbonyl (C=O) groups excluding carboxylic acids is 1. The van der Waals surface area contributed by atoms with E-state index in [2.05, 4.69) is 17.2 Å². The summed E-state index contributed by atoms with van der Waals surface area (Å²) >= 11 is 0. The molecule has 2 aromatic rings. The van der Waals surface area contributed by atoms with E-state index in [9.17, 15) is 4.79 Å². The van der Waals surface area contributed by atoms with Gasteiger partial charge in [0, 0.05) is 18.5 Å². The third-order valence-corrected chi connectivity index (χ3v) is 3.31. The fourth-order valence-corrected chi connectivity index (χ4v) is 2.06. The van der Waals surface area contributed by atoms with Gasteiger partial charge in [0.25, 0.3) is 0 Å². The van der Waals surface area contributed by atoms with Crippen LogP contribution in [0.3, 0.4) is 0 Å². The molecule has 0 aliphatic carbocycles. The molecule has 0 saturated heterocycles. The number of methoxy groups -OCH3 is 1. The van der Waals surface area contributed by atoms with Crippen LogP contribution in [0.5, 0.6) is 5.75 Å². The second kappa shape index (κ2) is 9.91. The third kappa shape index (κ3) is 6.41. The highest BCUT2D eigenvalue weighted by Crippen LogP contribution is 2.12. The van der Waals surface area contributed by atoms with Gasteiger partial charge in [-0.1, -0.05) is 48.2 Å². The fraction of sp³-hybridized carbons (Fsp3) is 0.190. The fourth-order valence-electron chi connectivity index (χ4n) is 2.06. The van der Waals surface area contributed by atoms with Crippen LogP contribution in [0.2, 0.25) is 0 Å². The monoisotopic (exact) mass is 319 g/mol. The minimum Gasteiger partial charge on any atom is -0.497 e. The van der Waals surface area contributed by atoms with E-state index < -0.39 is 0 Å². The zero-order valence-corrected chi connectivity index (χ0v) is 13.8. The quantitative estimate of drug-likeness (QED) is 0.501. The van der Waals surface area contributed by atoms with Crippen LogP contribution < -0.4 is 10.1 Å². The van der Waals surface area contributed by atoms with Crippen molar-refractivity contribution in [1.29, 1.82) is 0 Å². The Hall–Kier alpha value is -2.99. The topological polar surface area (TPSA) is 38.3 Å². The van der Waals surface area contributed by atoms with E-state index in [1.807, 2.05) is 60.7 Å². The Labute approximate surface area is 143 Å².